The number of aliphatic hydroxyl groups excluding tert-OH is 1. The summed E-state index contributed by atoms with van der Waals surface area (Å²) >= 11 is 0. The Bertz CT molecular complexity index is 547. The van der Waals surface area contributed by atoms with E-state index in [0.717, 1.165) is 6.42 Å². The van der Waals surface area contributed by atoms with Gasteiger partial charge in [0, 0.05) is 6.61 Å². The van der Waals surface area contributed by atoms with Gasteiger partial charge in [0.15, 0.2) is 0 Å². The maximum absolute atomic E-state index is 10.00. The summed E-state index contributed by atoms with van der Waals surface area (Å²) in [5, 5.41) is 10.00. The first-order valence-corrected chi connectivity index (χ1v) is 8.69. The first-order chi connectivity index (χ1) is 9.96. The number of fused-ring (bicyclic) bond motifs is 3. The van der Waals surface area contributed by atoms with Crippen LogP contribution in [0.2, 0.25) is 0 Å². The summed E-state index contributed by atoms with van der Waals surface area (Å²) in [7, 11) is 0. The topological polar surface area (TPSA) is 20.2 Å². The molecular weight excluding hydrogens is 256 g/mol. The number of aryl methyl sites for hydroxylation is 1. The van der Waals surface area contributed by atoms with E-state index in [1.807, 2.05) is 0 Å². The van der Waals surface area contributed by atoms with Crippen molar-refractivity contribution < 1.29 is 5.11 Å². The van der Waals surface area contributed by atoms with Gasteiger partial charge in [0.05, 0.1) is 0 Å². The number of aliphatic hydroxyl groups is 1. The van der Waals surface area contributed by atoms with Gasteiger partial charge in [-0.05, 0) is 78.0 Å². The second-order valence-corrected chi connectivity index (χ2v) is 7.92. The monoisotopic (exact) mass is 286 g/mol. The van der Waals surface area contributed by atoms with Crippen LogP contribution in [0.15, 0.2) is 12.1 Å². The van der Waals surface area contributed by atoms with E-state index in [1.165, 1.54) is 37.7 Å². The molecule has 1 aromatic rings. The summed E-state index contributed by atoms with van der Waals surface area (Å²) < 4.78 is 0. The highest BCUT2D eigenvalue weighted by molar-refractivity contribution is 5.47. The van der Waals surface area contributed by atoms with Crippen LogP contribution >= 0.6 is 0 Å². The number of hydrogen-bond donors (Lipinski definition) is 1. The molecule has 1 fully saturated rings. The first kappa shape index (κ1) is 15.1. The van der Waals surface area contributed by atoms with E-state index in [4.69, 9.17) is 0 Å². The normalized spacial score (nSPS) is 35.2. The van der Waals surface area contributed by atoms with Crippen molar-refractivity contribution in [1.29, 1.82) is 0 Å². The number of rotatable bonds is 2. The van der Waals surface area contributed by atoms with Crippen LogP contribution in [-0.4, -0.2) is 11.7 Å². The minimum Gasteiger partial charge on any atom is -0.396 e. The van der Waals surface area contributed by atoms with Crippen molar-refractivity contribution in [2.45, 2.75) is 71.6 Å². The SMILES string of the molecule is CCc1c(C)ccc2c1CC[C@@H]1[C@](C)(CO)CCC[C@]21C. The van der Waals surface area contributed by atoms with Gasteiger partial charge in [-0.2, -0.15) is 0 Å². The van der Waals surface area contributed by atoms with Gasteiger partial charge < -0.3 is 5.11 Å². The summed E-state index contributed by atoms with van der Waals surface area (Å²) in [6.45, 7) is 9.67. The Hall–Kier alpha value is -0.820. The third-order valence-electron chi connectivity index (χ3n) is 6.73. The van der Waals surface area contributed by atoms with Crippen molar-refractivity contribution in [2.75, 3.05) is 6.61 Å². The summed E-state index contributed by atoms with van der Waals surface area (Å²) in [5.41, 5.74) is 6.66. The maximum atomic E-state index is 10.00. The molecule has 0 aliphatic heterocycles. The highest BCUT2D eigenvalue weighted by Crippen LogP contribution is 2.57. The fourth-order valence-corrected chi connectivity index (χ4v) is 5.57. The lowest BCUT2D eigenvalue weighted by atomic mass is 9.49. The highest BCUT2D eigenvalue weighted by atomic mass is 16.3. The third-order valence-corrected chi connectivity index (χ3v) is 6.73. The molecule has 0 heterocycles. The first-order valence-electron chi connectivity index (χ1n) is 8.69. The lowest BCUT2D eigenvalue weighted by molar-refractivity contribution is -0.0179. The van der Waals surface area contributed by atoms with Crippen LogP contribution in [0, 0.1) is 18.3 Å². The average molecular weight is 286 g/mol. The van der Waals surface area contributed by atoms with Gasteiger partial charge >= 0.3 is 0 Å². The number of benzene rings is 1. The molecule has 116 valence electrons. The van der Waals surface area contributed by atoms with Crippen LogP contribution in [0.1, 0.15) is 68.7 Å². The summed E-state index contributed by atoms with van der Waals surface area (Å²) in [6.07, 6.45) is 7.32. The summed E-state index contributed by atoms with van der Waals surface area (Å²) in [5.74, 6) is 0.628. The lowest BCUT2D eigenvalue weighted by Crippen LogP contribution is -2.50. The largest absolute Gasteiger partial charge is 0.396 e. The van der Waals surface area contributed by atoms with E-state index < -0.39 is 0 Å². The molecule has 1 N–H and O–H groups in total. The second kappa shape index (κ2) is 5.12. The molecule has 1 aromatic carbocycles. The molecule has 21 heavy (non-hydrogen) atoms. The van der Waals surface area contributed by atoms with Crippen LogP contribution in [0.3, 0.4) is 0 Å². The van der Waals surface area contributed by atoms with E-state index in [0.29, 0.717) is 12.5 Å². The van der Waals surface area contributed by atoms with Crippen molar-refractivity contribution in [2.24, 2.45) is 11.3 Å². The molecule has 2 aliphatic carbocycles. The minimum atomic E-state index is 0.113. The molecule has 0 spiro atoms. The standard InChI is InChI=1S/C20H30O/c1-5-15-14(2)7-9-17-16(15)8-10-18-19(3,13-21)11-6-12-20(17,18)4/h7,9,18,21H,5-6,8,10-13H2,1-4H3/t18-,19+,20-/m1/s1. The van der Waals surface area contributed by atoms with Crippen LogP contribution in [-0.2, 0) is 18.3 Å². The van der Waals surface area contributed by atoms with Crippen molar-refractivity contribution >= 4 is 0 Å². The fourth-order valence-electron chi connectivity index (χ4n) is 5.57. The van der Waals surface area contributed by atoms with Gasteiger partial charge in [-0.3, -0.25) is 0 Å². The predicted octanol–water partition coefficient (Wildman–Crippen LogP) is 4.56. The van der Waals surface area contributed by atoms with E-state index in [1.54, 1.807) is 16.7 Å². The molecule has 1 nitrogen and oxygen atoms in total. The molecule has 0 amide bonds. The van der Waals surface area contributed by atoms with Gasteiger partial charge in [0.25, 0.3) is 0 Å². The Morgan fingerprint density at radius 2 is 2.00 bits per heavy atom. The smallest absolute Gasteiger partial charge is 0.0487 e. The van der Waals surface area contributed by atoms with Crippen LogP contribution in [0.5, 0.6) is 0 Å². The summed E-state index contributed by atoms with van der Waals surface area (Å²) in [4.78, 5) is 0. The van der Waals surface area contributed by atoms with Crippen LogP contribution in [0.4, 0.5) is 0 Å². The minimum absolute atomic E-state index is 0.113. The zero-order valence-electron chi connectivity index (χ0n) is 14.1. The summed E-state index contributed by atoms with van der Waals surface area (Å²) in [6, 6.07) is 4.73. The van der Waals surface area contributed by atoms with E-state index in [9.17, 15) is 5.11 Å². The van der Waals surface area contributed by atoms with Gasteiger partial charge in [-0.15, -0.1) is 0 Å². The Morgan fingerprint density at radius 1 is 1.24 bits per heavy atom. The van der Waals surface area contributed by atoms with Gasteiger partial charge in [0.2, 0.25) is 0 Å². The molecule has 0 saturated heterocycles. The molecule has 0 bridgehead atoms. The zero-order chi connectivity index (χ0) is 15.3. The molecule has 3 rings (SSSR count). The highest BCUT2D eigenvalue weighted by Gasteiger charge is 2.51. The maximum Gasteiger partial charge on any atom is 0.0487 e. The molecule has 0 radical (unpaired) electrons. The van der Waals surface area contributed by atoms with E-state index in [2.05, 4.69) is 39.8 Å². The molecule has 1 heteroatoms. The predicted molar refractivity (Wildman–Crippen MR) is 88.8 cm³/mol. The Kier molecular flexibility index (Phi) is 3.68. The van der Waals surface area contributed by atoms with E-state index in [-0.39, 0.29) is 10.8 Å². The van der Waals surface area contributed by atoms with Crippen molar-refractivity contribution in [3.05, 3.63) is 34.4 Å². The number of hydrogen-bond acceptors (Lipinski definition) is 1. The fraction of sp³-hybridized carbons (Fsp3) is 0.700. The molecule has 0 unspecified atom stereocenters. The quantitative estimate of drug-likeness (QED) is 0.845. The Balaban J connectivity index is 2.14. The lowest BCUT2D eigenvalue weighted by Gasteiger charge is -2.55. The molecule has 1 saturated carbocycles. The molecule has 2 aliphatic rings. The molecule has 3 atom stereocenters. The van der Waals surface area contributed by atoms with Crippen molar-refractivity contribution in [3.63, 3.8) is 0 Å². The average Bonchev–Trinajstić information content (AvgIpc) is 2.46. The van der Waals surface area contributed by atoms with Gasteiger partial charge in [-0.25, -0.2) is 0 Å². The second-order valence-electron chi connectivity index (χ2n) is 7.92. The van der Waals surface area contributed by atoms with Crippen LogP contribution in [0.25, 0.3) is 0 Å². The van der Waals surface area contributed by atoms with Crippen molar-refractivity contribution in [3.8, 4) is 0 Å². The molecular formula is C20H30O. The molecule has 0 aromatic heterocycles. The Morgan fingerprint density at radius 3 is 2.67 bits per heavy atom. The van der Waals surface area contributed by atoms with Crippen LogP contribution < -0.4 is 0 Å². The zero-order valence-corrected chi connectivity index (χ0v) is 14.1. The van der Waals surface area contributed by atoms with Gasteiger partial charge in [-0.1, -0.05) is 39.3 Å². The van der Waals surface area contributed by atoms with Gasteiger partial charge in [0.1, 0.15) is 0 Å². The Labute approximate surface area is 129 Å². The third kappa shape index (κ3) is 2.08. The van der Waals surface area contributed by atoms with E-state index >= 15 is 0 Å². The van der Waals surface area contributed by atoms with Crippen molar-refractivity contribution in [1.82, 2.24) is 0 Å².